The number of pyridine rings is 1. The number of carbonyl (C=O) groups is 1. The maximum absolute atomic E-state index is 13.0. The zero-order valence-electron chi connectivity index (χ0n) is 20.9. The van der Waals surface area contributed by atoms with Crippen molar-refractivity contribution in [3.05, 3.63) is 63.3 Å². The van der Waals surface area contributed by atoms with E-state index in [2.05, 4.69) is 50.6 Å². The van der Waals surface area contributed by atoms with E-state index in [0.29, 0.717) is 5.92 Å². The molecular formula is C27H38N2O4. The highest BCUT2D eigenvalue weighted by Gasteiger charge is 2.42. The largest absolute Gasteiger partial charge is 0.499 e. The average molecular weight is 455 g/mol. The molecule has 1 aromatic heterocycles. The van der Waals surface area contributed by atoms with E-state index in [0.717, 1.165) is 41.9 Å². The van der Waals surface area contributed by atoms with Crippen molar-refractivity contribution < 1.29 is 14.6 Å². The Morgan fingerprint density at radius 3 is 2.61 bits per heavy atom. The second kappa shape index (κ2) is 9.72. The Kier molecular flexibility index (Phi) is 7.37. The highest BCUT2D eigenvalue weighted by Crippen LogP contribution is 2.51. The van der Waals surface area contributed by atoms with Crippen LogP contribution >= 0.6 is 0 Å². The third-order valence-corrected chi connectivity index (χ3v) is 7.54. The minimum Gasteiger partial charge on any atom is -0.499 e. The number of rotatable bonds is 7. The zero-order chi connectivity index (χ0) is 24.5. The molecule has 0 spiro atoms. The molecule has 1 heterocycles. The molecule has 6 heteroatoms. The summed E-state index contributed by atoms with van der Waals surface area (Å²) < 4.78 is 7.75. The van der Waals surface area contributed by atoms with Gasteiger partial charge in [-0.05, 0) is 60.8 Å². The van der Waals surface area contributed by atoms with Crippen LogP contribution in [-0.4, -0.2) is 35.8 Å². The molecule has 4 unspecified atom stereocenters. The summed E-state index contributed by atoms with van der Waals surface area (Å²) in [6.07, 6.45) is 10.6. The number of hydrogen-bond donors (Lipinski definition) is 2. The van der Waals surface area contributed by atoms with Gasteiger partial charge in [-0.15, -0.1) is 0 Å². The quantitative estimate of drug-likeness (QED) is 0.604. The number of methoxy groups -OCH3 is 1. The van der Waals surface area contributed by atoms with Crippen molar-refractivity contribution in [1.29, 1.82) is 0 Å². The van der Waals surface area contributed by atoms with Gasteiger partial charge in [0.1, 0.15) is 11.3 Å². The molecule has 1 saturated carbocycles. The Labute approximate surface area is 197 Å². The summed E-state index contributed by atoms with van der Waals surface area (Å²) in [4.78, 5) is 24.9. The van der Waals surface area contributed by atoms with Gasteiger partial charge in [-0.25, -0.2) is 4.79 Å². The molecule has 0 radical (unpaired) electrons. The maximum Gasteiger partial charge on any atom is 0.341 e. The van der Waals surface area contributed by atoms with E-state index in [-0.39, 0.29) is 29.0 Å². The van der Waals surface area contributed by atoms with Gasteiger partial charge in [0, 0.05) is 24.0 Å². The molecular weight excluding hydrogens is 416 g/mol. The van der Waals surface area contributed by atoms with Gasteiger partial charge in [-0.1, -0.05) is 46.8 Å². The van der Waals surface area contributed by atoms with Gasteiger partial charge in [-0.3, -0.25) is 4.79 Å². The molecule has 180 valence electrons. The van der Waals surface area contributed by atoms with Crippen molar-refractivity contribution in [2.45, 2.75) is 66.0 Å². The number of carboxylic acid groups (broad SMARTS) is 1. The molecule has 0 amide bonds. The van der Waals surface area contributed by atoms with Gasteiger partial charge in [0.2, 0.25) is 0 Å². The Morgan fingerprint density at radius 2 is 2.09 bits per heavy atom. The SMILES string of the molecule is CCC(C)/C(=C1/C=CC=C(OC)C1NC)c1cc(=O)c(C(=O)O)cn1C1C(C)CCC1(C)C. The van der Waals surface area contributed by atoms with Crippen LogP contribution < -0.4 is 10.7 Å². The van der Waals surface area contributed by atoms with Crippen LogP contribution in [0.2, 0.25) is 0 Å². The lowest BCUT2D eigenvalue weighted by atomic mass is 9.82. The predicted molar refractivity (Wildman–Crippen MR) is 132 cm³/mol. The average Bonchev–Trinajstić information content (AvgIpc) is 3.05. The fourth-order valence-electron chi connectivity index (χ4n) is 5.69. The van der Waals surface area contributed by atoms with Crippen LogP contribution in [0.25, 0.3) is 5.57 Å². The highest BCUT2D eigenvalue weighted by atomic mass is 16.5. The van der Waals surface area contributed by atoms with Crippen molar-refractivity contribution in [3.8, 4) is 0 Å². The van der Waals surface area contributed by atoms with Crippen molar-refractivity contribution in [2.75, 3.05) is 14.2 Å². The second-order valence-electron chi connectivity index (χ2n) is 10.1. The number of hydrogen-bond acceptors (Lipinski definition) is 4. The second-order valence-corrected chi connectivity index (χ2v) is 10.1. The normalized spacial score (nSPS) is 26.6. The summed E-state index contributed by atoms with van der Waals surface area (Å²) in [5.41, 5.74) is 2.26. The monoisotopic (exact) mass is 454 g/mol. The van der Waals surface area contributed by atoms with Crippen molar-refractivity contribution >= 4 is 11.5 Å². The summed E-state index contributed by atoms with van der Waals surface area (Å²) in [7, 11) is 3.56. The van der Waals surface area contributed by atoms with Crippen LogP contribution in [-0.2, 0) is 4.74 Å². The first-order chi connectivity index (χ1) is 15.6. The van der Waals surface area contributed by atoms with Crippen molar-refractivity contribution in [1.82, 2.24) is 9.88 Å². The van der Waals surface area contributed by atoms with Crippen LogP contribution in [0.5, 0.6) is 0 Å². The first-order valence-corrected chi connectivity index (χ1v) is 11.9. The molecule has 2 aliphatic carbocycles. The fourth-order valence-corrected chi connectivity index (χ4v) is 5.69. The van der Waals surface area contributed by atoms with E-state index in [1.54, 1.807) is 19.4 Å². The Balaban J connectivity index is 2.40. The van der Waals surface area contributed by atoms with Crippen LogP contribution in [0.3, 0.4) is 0 Å². The third kappa shape index (κ3) is 4.58. The molecule has 0 bridgehead atoms. The number of nitrogens with zero attached hydrogens (tertiary/aromatic N) is 1. The molecule has 0 saturated heterocycles. The van der Waals surface area contributed by atoms with Gasteiger partial charge in [-0.2, -0.15) is 0 Å². The third-order valence-electron chi connectivity index (χ3n) is 7.54. The van der Waals surface area contributed by atoms with E-state index >= 15 is 0 Å². The Bertz CT molecular complexity index is 1060. The first-order valence-electron chi connectivity index (χ1n) is 11.9. The molecule has 1 aromatic rings. The lowest BCUT2D eigenvalue weighted by Crippen LogP contribution is -2.34. The number of ether oxygens (including phenoxy) is 1. The number of aromatic carboxylic acids is 1. The molecule has 0 aliphatic heterocycles. The summed E-state index contributed by atoms with van der Waals surface area (Å²) in [6.45, 7) is 11.0. The minimum atomic E-state index is -1.18. The van der Waals surface area contributed by atoms with E-state index < -0.39 is 11.4 Å². The Hall–Kier alpha value is -2.60. The fraction of sp³-hybridized carbons (Fsp3) is 0.556. The van der Waals surface area contributed by atoms with E-state index in [4.69, 9.17) is 4.74 Å². The zero-order valence-corrected chi connectivity index (χ0v) is 20.9. The predicted octanol–water partition coefficient (Wildman–Crippen LogP) is 5.03. The summed E-state index contributed by atoms with van der Waals surface area (Å²) in [5.74, 6) is 0.138. The van der Waals surface area contributed by atoms with Gasteiger partial charge in [0.05, 0.1) is 13.2 Å². The first kappa shape index (κ1) is 25.0. The lowest BCUT2D eigenvalue weighted by Gasteiger charge is -2.36. The van der Waals surface area contributed by atoms with Crippen LogP contribution in [0.1, 0.15) is 76.0 Å². The molecule has 33 heavy (non-hydrogen) atoms. The molecule has 3 rings (SSSR count). The molecule has 2 aliphatic rings. The molecule has 6 nitrogen and oxygen atoms in total. The minimum absolute atomic E-state index is 0.0212. The van der Waals surface area contributed by atoms with Gasteiger partial charge < -0.3 is 19.7 Å². The number of likely N-dealkylation sites (N-methyl/N-ethyl adjacent to an activating group) is 1. The van der Waals surface area contributed by atoms with E-state index in [9.17, 15) is 14.7 Å². The maximum atomic E-state index is 13.0. The molecule has 1 fully saturated rings. The number of aromatic nitrogens is 1. The van der Waals surface area contributed by atoms with Crippen LogP contribution in [0.15, 0.2) is 46.6 Å². The molecule has 0 aromatic carbocycles. The molecule has 4 atom stereocenters. The van der Waals surface area contributed by atoms with E-state index in [1.165, 1.54) is 0 Å². The number of carboxylic acids is 1. The van der Waals surface area contributed by atoms with Gasteiger partial charge in [0.15, 0.2) is 5.43 Å². The van der Waals surface area contributed by atoms with Crippen molar-refractivity contribution in [2.24, 2.45) is 17.3 Å². The van der Waals surface area contributed by atoms with Crippen LogP contribution in [0.4, 0.5) is 0 Å². The molecule has 2 N–H and O–H groups in total. The smallest absolute Gasteiger partial charge is 0.341 e. The van der Waals surface area contributed by atoms with Crippen LogP contribution in [0, 0.1) is 17.3 Å². The Morgan fingerprint density at radius 1 is 1.39 bits per heavy atom. The highest BCUT2D eigenvalue weighted by molar-refractivity contribution is 5.87. The van der Waals surface area contributed by atoms with E-state index in [1.807, 2.05) is 19.2 Å². The topological polar surface area (TPSA) is 80.6 Å². The van der Waals surface area contributed by atoms with Gasteiger partial charge >= 0.3 is 5.97 Å². The lowest BCUT2D eigenvalue weighted by molar-refractivity contribution is 0.0693. The standard InChI is InChI=1S/C27H38N2O4/c1-8-16(2)23(18-10-9-11-22(33-7)24(18)28-6)20-14-21(30)19(26(31)32)15-29(20)25-17(3)12-13-27(25,4)5/h9-11,14-17,24-25,28H,8,12-13H2,1-7H3,(H,31,32)/b23-18+. The van der Waals surface area contributed by atoms with Gasteiger partial charge in [0.25, 0.3) is 0 Å². The van der Waals surface area contributed by atoms with Crippen molar-refractivity contribution in [3.63, 3.8) is 0 Å². The summed E-state index contributed by atoms with van der Waals surface area (Å²) in [6, 6.07) is 1.48. The number of allylic oxidation sites excluding steroid dienone is 3. The summed E-state index contributed by atoms with van der Waals surface area (Å²) in [5, 5.41) is 13.1. The number of nitrogens with one attached hydrogen (secondary N) is 1. The summed E-state index contributed by atoms with van der Waals surface area (Å²) >= 11 is 0.